The molecule has 3 N–H and O–H groups in total. The highest BCUT2D eigenvalue weighted by atomic mass is 16.5. The van der Waals surface area contributed by atoms with Crippen LogP contribution in [0.25, 0.3) is 0 Å². The fraction of sp³-hybridized carbons (Fsp3) is 0.727. The van der Waals surface area contributed by atoms with Gasteiger partial charge in [0.15, 0.2) is 0 Å². The molecular weight excluding hydrogens is 206 g/mol. The Morgan fingerprint density at radius 3 is 3.19 bits per heavy atom. The highest BCUT2D eigenvalue weighted by molar-refractivity contribution is 5.07. The molecule has 16 heavy (non-hydrogen) atoms. The van der Waals surface area contributed by atoms with Gasteiger partial charge in [-0.1, -0.05) is 0 Å². The summed E-state index contributed by atoms with van der Waals surface area (Å²) in [5.41, 5.74) is 6.73. The van der Waals surface area contributed by atoms with Crippen LogP contribution in [0, 0.1) is 0 Å². The van der Waals surface area contributed by atoms with E-state index in [1.54, 1.807) is 19.6 Å². The molecule has 0 amide bonds. The second-order valence-electron chi connectivity index (χ2n) is 4.29. The number of aromatic nitrogens is 2. The number of ether oxygens (including phenoxy) is 1. The first kappa shape index (κ1) is 11.6. The van der Waals surface area contributed by atoms with Crippen LogP contribution in [0.15, 0.2) is 12.5 Å². The van der Waals surface area contributed by atoms with Gasteiger partial charge in [-0.15, -0.1) is 0 Å². The largest absolute Gasteiger partial charge is 0.394 e. The van der Waals surface area contributed by atoms with Gasteiger partial charge >= 0.3 is 0 Å². The summed E-state index contributed by atoms with van der Waals surface area (Å²) in [6.07, 6.45) is 7.07. The van der Waals surface area contributed by atoms with Crippen molar-refractivity contribution in [1.82, 2.24) is 9.55 Å². The van der Waals surface area contributed by atoms with E-state index in [1.165, 1.54) is 0 Å². The van der Waals surface area contributed by atoms with Gasteiger partial charge in [0.2, 0.25) is 0 Å². The fourth-order valence-corrected chi connectivity index (χ4v) is 2.47. The van der Waals surface area contributed by atoms with E-state index in [-0.39, 0.29) is 18.8 Å². The van der Waals surface area contributed by atoms with Crippen LogP contribution in [0.4, 0.5) is 0 Å². The molecule has 0 aromatic carbocycles. The van der Waals surface area contributed by atoms with E-state index in [0.717, 1.165) is 25.0 Å². The highest BCUT2D eigenvalue weighted by Gasteiger charge is 2.30. The Kier molecular flexibility index (Phi) is 3.58. The Morgan fingerprint density at radius 2 is 2.50 bits per heavy atom. The lowest BCUT2D eigenvalue weighted by molar-refractivity contribution is 0.0733. The summed E-state index contributed by atoms with van der Waals surface area (Å²) in [5.74, 6) is 0. The molecule has 0 aliphatic heterocycles. The van der Waals surface area contributed by atoms with Crippen molar-refractivity contribution < 1.29 is 9.84 Å². The summed E-state index contributed by atoms with van der Waals surface area (Å²) >= 11 is 0. The van der Waals surface area contributed by atoms with Gasteiger partial charge in [0.1, 0.15) is 0 Å². The van der Waals surface area contributed by atoms with Gasteiger partial charge in [-0.3, -0.25) is 0 Å². The van der Waals surface area contributed by atoms with E-state index in [2.05, 4.69) is 9.55 Å². The minimum Gasteiger partial charge on any atom is -0.394 e. The third-order valence-electron chi connectivity index (χ3n) is 3.35. The van der Waals surface area contributed by atoms with Gasteiger partial charge < -0.3 is 20.1 Å². The molecule has 1 aromatic heterocycles. The summed E-state index contributed by atoms with van der Waals surface area (Å²) < 4.78 is 7.52. The van der Waals surface area contributed by atoms with Crippen LogP contribution in [0.5, 0.6) is 0 Å². The van der Waals surface area contributed by atoms with Crippen molar-refractivity contribution in [3.05, 3.63) is 18.2 Å². The van der Waals surface area contributed by atoms with Crippen LogP contribution >= 0.6 is 0 Å². The topological polar surface area (TPSA) is 73.3 Å². The van der Waals surface area contributed by atoms with Gasteiger partial charge in [-0.25, -0.2) is 4.98 Å². The lowest BCUT2D eigenvalue weighted by atomic mass is 10.1. The Morgan fingerprint density at radius 1 is 1.69 bits per heavy atom. The molecule has 1 heterocycles. The number of nitrogens with two attached hydrogens (primary N) is 1. The lowest BCUT2D eigenvalue weighted by Gasteiger charge is -2.23. The molecule has 90 valence electrons. The molecule has 1 aromatic rings. The average Bonchev–Trinajstić information content (AvgIpc) is 2.94. The van der Waals surface area contributed by atoms with Crippen molar-refractivity contribution >= 4 is 0 Å². The first-order chi connectivity index (χ1) is 7.77. The molecule has 0 bridgehead atoms. The van der Waals surface area contributed by atoms with E-state index in [0.29, 0.717) is 6.04 Å². The molecule has 5 nitrogen and oxygen atoms in total. The third-order valence-corrected chi connectivity index (χ3v) is 3.35. The van der Waals surface area contributed by atoms with E-state index in [1.807, 2.05) is 0 Å². The van der Waals surface area contributed by atoms with Crippen molar-refractivity contribution in [3.63, 3.8) is 0 Å². The molecule has 1 aliphatic rings. The Bertz CT molecular complexity index is 340. The maximum Gasteiger partial charge on any atom is 0.0952 e. The predicted octanol–water partition coefficient (Wildman–Crippen LogP) is 0.615. The van der Waals surface area contributed by atoms with Crippen LogP contribution in [0.3, 0.4) is 0 Å². The first-order valence-corrected chi connectivity index (χ1v) is 5.69. The molecule has 3 atom stereocenters. The number of aliphatic hydroxyl groups excluding tert-OH is 1. The van der Waals surface area contributed by atoms with Crippen molar-refractivity contribution in [2.45, 2.75) is 37.5 Å². The zero-order valence-electron chi connectivity index (χ0n) is 9.54. The molecule has 5 heteroatoms. The average molecular weight is 225 g/mol. The normalized spacial score (nSPS) is 27.2. The minimum absolute atomic E-state index is 0.0595. The summed E-state index contributed by atoms with van der Waals surface area (Å²) in [4.78, 5) is 4.12. The van der Waals surface area contributed by atoms with E-state index in [4.69, 9.17) is 15.6 Å². The van der Waals surface area contributed by atoms with Gasteiger partial charge in [0.25, 0.3) is 0 Å². The van der Waals surface area contributed by atoms with Crippen LogP contribution in [0.2, 0.25) is 0 Å². The molecule has 2 rings (SSSR count). The minimum atomic E-state index is -0.361. The van der Waals surface area contributed by atoms with Gasteiger partial charge in [-0.05, 0) is 19.3 Å². The molecular formula is C11H19N3O2. The van der Waals surface area contributed by atoms with Crippen LogP contribution < -0.4 is 5.73 Å². The van der Waals surface area contributed by atoms with Crippen molar-refractivity contribution in [2.75, 3.05) is 13.7 Å². The van der Waals surface area contributed by atoms with Crippen LogP contribution in [0.1, 0.15) is 37.0 Å². The molecule has 0 saturated heterocycles. The van der Waals surface area contributed by atoms with Crippen LogP contribution in [-0.4, -0.2) is 34.5 Å². The Balaban J connectivity index is 2.22. The molecule has 1 aliphatic carbocycles. The molecule has 1 saturated carbocycles. The smallest absolute Gasteiger partial charge is 0.0952 e. The number of methoxy groups -OCH3 is 1. The zero-order chi connectivity index (χ0) is 11.5. The van der Waals surface area contributed by atoms with E-state index < -0.39 is 0 Å². The number of aliphatic hydroxyl groups is 1. The van der Waals surface area contributed by atoms with Gasteiger partial charge in [0, 0.05) is 13.3 Å². The summed E-state index contributed by atoms with van der Waals surface area (Å²) in [6, 6.07) is -0.0549. The number of rotatable bonds is 4. The molecule has 0 spiro atoms. The number of nitrogens with zero attached hydrogens (tertiary/aromatic N) is 2. The highest BCUT2D eigenvalue weighted by Crippen LogP contribution is 2.33. The standard InChI is InChI=1S/C11H19N3O2/c1-16-11-4-2-3-9(11)14-7-13-5-10(14)8(12)6-15/h5,7-9,11,15H,2-4,6,12H2,1H3. The Labute approximate surface area is 95.2 Å². The SMILES string of the molecule is COC1CCCC1n1cncc1C(N)CO. The van der Waals surface area contributed by atoms with E-state index >= 15 is 0 Å². The first-order valence-electron chi connectivity index (χ1n) is 5.69. The second kappa shape index (κ2) is 4.95. The lowest BCUT2D eigenvalue weighted by Crippen LogP contribution is -2.25. The van der Waals surface area contributed by atoms with Gasteiger partial charge in [0.05, 0.1) is 36.8 Å². The summed E-state index contributed by atoms with van der Waals surface area (Å²) in [7, 11) is 1.74. The maximum atomic E-state index is 9.10. The quantitative estimate of drug-likeness (QED) is 0.787. The maximum absolute atomic E-state index is 9.10. The molecule has 0 radical (unpaired) electrons. The molecule has 3 unspecified atom stereocenters. The van der Waals surface area contributed by atoms with Crippen molar-refractivity contribution in [1.29, 1.82) is 0 Å². The van der Waals surface area contributed by atoms with Gasteiger partial charge in [-0.2, -0.15) is 0 Å². The molecule has 1 fully saturated rings. The predicted molar refractivity (Wildman–Crippen MR) is 59.9 cm³/mol. The Hall–Kier alpha value is -0.910. The number of imidazole rings is 1. The van der Waals surface area contributed by atoms with Crippen molar-refractivity contribution in [2.24, 2.45) is 5.73 Å². The fourth-order valence-electron chi connectivity index (χ4n) is 2.47. The monoisotopic (exact) mass is 225 g/mol. The van der Waals surface area contributed by atoms with Crippen LogP contribution in [-0.2, 0) is 4.74 Å². The number of hydrogen-bond acceptors (Lipinski definition) is 4. The number of hydrogen-bond donors (Lipinski definition) is 2. The van der Waals surface area contributed by atoms with Crippen molar-refractivity contribution in [3.8, 4) is 0 Å². The zero-order valence-corrected chi connectivity index (χ0v) is 9.54. The third kappa shape index (κ3) is 1.98. The van der Waals surface area contributed by atoms with E-state index in [9.17, 15) is 0 Å². The summed E-state index contributed by atoms with van der Waals surface area (Å²) in [5, 5.41) is 9.10. The summed E-state index contributed by atoms with van der Waals surface area (Å²) in [6.45, 7) is -0.0595. The second-order valence-corrected chi connectivity index (χ2v) is 4.29.